The lowest BCUT2D eigenvalue weighted by molar-refractivity contribution is -0.137. The summed E-state index contributed by atoms with van der Waals surface area (Å²) in [7, 11) is 1.63. The fourth-order valence-electron chi connectivity index (χ4n) is 4.49. The molecule has 0 radical (unpaired) electrons. The third kappa shape index (κ3) is 7.22. The molecular weight excluding hydrogens is 516 g/mol. The van der Waals surface area contributed by atoms with Crippen LogP contribution < -0.4 is 30.2 Å². The average Bonchev–Trinajstić information content (AvgIpc) is 2.94. The summed E-state index contributed by atoms with van der Waals surface area (Å²) in [5.41, 5.74) is 1.16. The second-order valence-corrected chi connectivity index (χ2v) is 10.1. The van der Waals surface area contributed by atoms with Crippen molar-refractivity contribution in [1.29, 1.82) is 0 Å². The van der Waals surface area contributed by atoms with Crippen molar-refractivity contribution in [2.24, 2.45) is 5.92 Å². The molecule has 3 N–H and O–H groups in total. The Kier molecular flexibility index (Phi) is 9.47. The van der Waals surface area contributed by atoms with Crippen LogP contribution in [0.3, 0.4) is 0 Å². The molecule has 2 heterocycles. The van der Waals surface area contributed by atoms with Crippen LogP contribution in [0.15, 0.2) is 42.5 Å². The van der Waals surface area contributed by atoms with Crippen LogP contribution in [-0.4, -0.2) is 80.6 Å². The number of carbonyl (C=O) groups is 4. The number of likely N-dealkylation sites (N-methyl/N-ethyl adjacent to an activating group) is 1. The first-order valence-corrected chi connectivity index (χ1v) is 13.5. The minimum atomic E-state index is -1.18. The Bertz CT molecular complexity index is 1250. The molecule has 2 aromatic rings. The monoisotopic (exact) mass is 552 g/mol. The molecule has 0 spiro atoms. The van der Waals surface area contributed by atoms with Crippen LogP contribution >= 0.6 is 0 Å². The van der Waals surface area contributed by atoms with E-state index in [1.165, 1.54) is 4.90 Å². The van der Waals surface area contributed by atoms with Gasteiger partial charge in [0, 0.05) is 13.6 Å². The highest BCUT2D eigenvalue weighted by Gasteiger charge is 2.31. The maximum Gasteiger partial charge on any atom is 0.255 e. The third-order valence-electron chi connectivity index (χ3n) is 6.77. The molecule has 0 unspecified atom stereocenters. The predicted molar refractivity (Wildman–Crippen MR) is 146 cm³/mol. The van der Waals surface area contributed by atoms with Crippen molar-refractivity contribution in [1.82, 2.24) is 20.9 Å². The van der Waals surface area contributed by atoms with Crippen LogP contribution in [0.25, 0.3) is 0 Å². The molecule has 0 aromatic heterocycles. The van der Waals surface area contributed by atoms with Crippen LogP contribution in [0, 0.1) is 5.92 Å². The molecule has 11 heteroatoms. The van der Waals surface area contributed by atoms with Crippen LogP contribution in [0.2, 0.25) is 0 Å². The van der Waals surface area contributed by atoms with Gasteiger partial charge in [-0.05, 0) is 42.2 Å². The molecule has 0 saturated carbocycles. The Balaban J connectivity index is 1.50. The first kappa shape index (κ1) is 28.7. The minimum Gasteiger partial charge on any atom is -0.491 e. The summed E-state index contributed by atoms with van der Waals surface area (Å²) in [5, 5.41) is 8.26. The van der Waals surface area contributed by atoms with Crippen molar-refractivity contribution in [3.63, 3.8) is 0 Å². The number of amides is 4. The molecule has 0 bridgehead atoms. The van der Waals surface area contributed by atoms with Crippen molar-refractivity contribution in [3.8, 4) is 17.2 Å². The van der Waals surface area contributed by atoms with Gasteiger partial charge in [-0.25, -0.2) is 0 Å². The first-order valence-electron chi connectivity index (χ1n) is 13.5. The van der Waals surface area contributed by atoms with E-state index in [-0.39, 0.29) is 43.5 Å². The van der Waals surface area contributed by atoms with Gasteiger partial charge in [0.25, 0.3) is 5.91 Å². The zero-order valence-electron chi connectivity index (χ0n) is 23.0. The van der Waals surface area contributed by atoms with Gasteiger partial charge >= 0.3 is 0 Å². The summed E-state index contributed by atoms with van der Waals surface area (Å²) >= 11 is 0. The van der Waals surface area contributed by atoms with E-state index in [2.05, 4.69) is 16.0 Å². The number of rotatable bonds is 5. The van der Waals surface area contributed by atoms with Gasteiger partial charge in [-0.1, -0.05) is 32.0 Å². The van der Waals surface area contributed by atoms with Gasteiger partial charge in [-0.15, -0.1) is 0 Å². The molecule has 4 amide bonds. The summed E-state index contributed by atoms with van der Waals surface area (Å²) in [6.07, 6.45) is 0.160. The number of benzene rings is 2. The Hall–Kier alpha value is -4.28. The molecule has 2 atom stereocenters. The first-order chi connectivity index (χ1) is 19.2. The van der Waals surface area contributed by atoms with Gasteiger partial charge in [-0.3, -0.25) is 19.2 Å². The molecule has 0 saturated heterocycles. The third-order valence-corrected chi connectivity index (χ3v) is 6.77. The van der Waals surface area contributed by atoms with E-state index in [9.17, 15) is 19.2 Å². The second kappa shape index (κ2) is 13.2. The van der Waals surface area contributed by atoms with Crippen molar-refractivity contribution >= 4 is 23.6 Å². The largest absolute Gasteiger partial charge is 0.491 e. The quantitative estimate of drug-likeness (QED) is 0.509. The number of hydrogen-bond donors (Lipinski definition) is 3. The van der Waals surface area contributed by atoms with Gasteiger partial charge in [0.1, 0.15) is 37.7 Å². The fraction of sp³-hybridized carbons (Fsp3) is 0.448. The lowest BCUT2D eigenvalue weighted by Crippen LogP contribution is -2.54. The van der Waals surface area contributed by atoms with Gasteiger partial charge in [0.15, 0.2) is 11.5 Å². The van der Waals surface area contributed by atoms with E-state index in [0.717, 1.165) is 5.56 Å². The van der Waals surface area contributed by atoms with Gasteiger partial charge < -0.3 is 35.1 Å². The zero-order valence-corrected chi connectivity index (χ0v) is 23.0. The second-order valence-electron chi connectivity index (χ2n) is 10.1. The van der Waals surface area contributed by atoms with Gasteiger partial charge in [0.2, 0.25) is 17.7 Å². The minimum absolute atomic E-state index is 0.148. The topological polar surface area (TPSA) is 135 Å². The van der Waals surface area contributed by atoms with Crippen LogP contribution in [0.4, 0.5) is 0 Å². The highest BCUT2D eigenvalue weighted by Crippen LogP contribution is 2.30. The molecule has 40 heavy (non-hydrogen) atoms. The summed E-state index contributed by atoms with van der Waals surface area (Å²) in [5.74, 6) is -0.377. The van der Waals surface area contributed by atoms with Gasteiger partial charge in [-0.2, -0.15) is 0 Å². The SMILES string of the molecule is CC(C)[C@@H]1NC(=O)C[C@@H](C(=O)NCCc2ccc3c(c2)OCCO3)NC(=O)c2ccccc2OCCN(C)C1=O. The Morgan fingerprint density at radius 3 is 2.48 bits per heavy atom. The van der Waals surface area contributed by atoms with Crippen LogP contribution in [0.5, 0.6) is 17.2 Å². The van der Waals surface area contributed by atoms with E-state index < -0.39 is 29.8 Å². The van der Waals surface area contributed by atoms with E-state index in [1.54, 1.807) is 31.3 Å². The van der Waals surface area contributed by atoms with Crippen molar-refractivity contribution in [2.75, 3.05) is 40.0 Å². The number of fused-ring (bicyclic) bond motifs is 2. The highest BCUT2D eigenvalue weighted by molar-refractivity contribution is 6.01. The molecule has 11 nitrogen and oxygen atoms in total. The summed E-state index contributed by atoms with van der Waals surface area (Å²) < 4.78 is 17.0. The number of carbonyl (C=O) groups excluding carboxylic acids is 4. The van der Waals surface area contributed by atoms with Crippen molar-refractivity contribution < 1.29 is 33.4 Å². The molecule has 0 fully saturated rings. The van der Waals surface area contributed by atoms with Crippen molar-refractivity contribution in [2.45, 2.75) is 38.8 Å². The standard InChI is InChI=1S/C29H36N4O7/c1-18(2)26-29(37)33(3)12-13-38-22-7-5-4-6-20(22)27(35)31-21(17-25(34)32-26)28(36)30-11-10-19-8-9-23-24(16-19)40-15-14-39-23/h4-9,16,18,21,26H,10-15,17H2,1-3H3,(H,30,36)(H,31,35)(H,32,34)/t21-,26-/m0/s1. The van der Waals surface area contributed by atoms with Gasteiger partial charge in [0.05, 0.1) is 18.5 Å². The Morgan fingerprint density at radius 1 is 0.975 bits per heavy atom. The summed E-state index contributed by atoms with van der Waals surface area (Å²) in [6, 6.07) is 10.3. The van der Waals surface area contributed by atoms with E-state index in [1.807, 2.05) is 32.0 Å². The lowest BCUT2D eigenvalue weighted by Gasteiger charge is -2.28. The number of ether oxygens (including phenoxy) is 3. The summed E-state index contributed by atoms with van der Waals surface area (Å²) in [6.45, 7) is 5.32. The molecular formula is C29H36N4O7. The zero-order chi connectivity index (χ0) is 28.6. The number of para-hydroxylation sites is 1. The Morgan fingerprint density at radius 2 is 1.70 bits per heavy atom. The van der Waals surface area contributed by atoms with E-state index >= 15 is 0 Å². The summed E-state index contributed by atoms with van der Waals surface area (Å²) in [4.78, 5) is 54.1. The molecule has 4 rings (SSSR count). The number of hydrogen-bond acceptors (Lipinski definition) is 7. The average molecular weight is 553 g/mol. The molecule has 0 aliphatic carbocycles. The highest BCUT2D eigenvalue weighted by atomic mass is 16.6. The number of nitrogens with one attached hydrogen (secondary N) is 3. The molecule has 214 valence electrons. The maximum absolute atomic E-state index is 13.2. The molecule has 2 aliphatic rings. The van der Waals surface area contributed by atoms with Crippen LogP contribution in [0.1, 0.15) is 36.2 Å². The maximum atomic E-state index is 13.2. The Labute approximate surface area is 233 Å². The van der Waals surface area contributed by atoms with Crippen molar-refractivity contribution in [3.05, 3.63) is 53.6 Å². The predicted octanol–water partition coefficient (Wildman–Crippen LogP) is 1.30. The normalized spacial score (nSPS) is 20.0. The number of nitrogens with zero attached hydrogens (tertiary/aromatic N) is 1. The van der Waals surface area contributed by atoms with E-state index in [4.69, 9.17) is 14.2 Å². The molecule has 2 aromatic carbocycles. The molecule has 2 aliphatic heterocycles. The fourth-order valence-corrected chi connectivity index (χ4v) is 4.49. The van der Waals surface area contributed by atoms with Crippen LogP contribution in [-0.2, 0) is 20.8 Å². The van der Waals surface area contributed by atoms with E-state index in [0.29, 0.717) is 36.9 Å². The lowest BCUT2D eigenvalue weighted by atomic mass is 10.0. The smallest absolute Gasteiger partial charge is 0.255 e.